The SMILES string of the molecule is COc1ccc2c(c1)C(=O)CC1(CCOC1C)O2. The molecule has 0 saturated carbocycles. The van der Waals surface area contributed by atoms with Gasteiger partial charge in [0.15, 0.2) is 5.78 Å². The van der Waals surface area contributed by atoms with Crippen molar-refractivity contribution in [2.45, 2.75) is 31.5 Å². The van der Waals surface area contributed by atoms with Gasteiger partial charge in [-0.05, 0) is 25.1 Å². The van der Waals surface area contributed by atoms with E-state index in [0.717, 1.165) is 6.42 Å². The first-order chi connectivity index (χ1) is 8.64. The number of carbonyl (C=O) groups excluding carboxylic acids is 1. The minimum atomic E-state index is -0.474. The lowest BCUT2D eigenvalue weighted by molar-refractivity contribution is -0.0160. The number of ketones is 1. The van der Waals surface area contributed by atoms with Crippen LogP contribution in [0, 0.1) is 0 Å². The van der Waals surface area contributed by atoms with Crippen molar-refractivity contribution in [3.8, 4) is 11.5 Å². The van der Waals surface area contributed by atoms with Gasteiger partial charge in [-0.3, -0.25) is 4.79 Å². The Balaban J connectivity index is 2.00. The van der Waals surface area contributed by atoms with E-state index in [1.807, 2.05) is 13.0 Å². The molecule has 96 valence electrons. The second-order valence-electron chi connectivity index (χ2n) is 4.89. The van der Waals surface area contributed by atoms with Gasteiger partial charge in [0.2, 0.25) is 0 Å². The summed E-state index contributed by atoms with van der Waals surface area (Å²) in [4.78, 5) is 12.3. The largest absolute Gasteiger partial charge is 0.497 e. The van der Waals surface area contributed by atoms with E-state index in [2.05, 4.69) is 0 Å². The molecule has 3 rings (SSSR count). The summed E-state index contributed by atoms with van der Waals surface area (Å²) in [5.74, 6) is 1.43. The number of benzene rings is 1. The molecule has 2 aliphatic heterocycles. The van der Waals surface area contributed by atoms with Crippen LogP contribution < -0.4 is 9.47 Å². The first-order valence-corrected chi connectivity index (χ1v) is 6.16. The minimum absolute atomic E-state index is 0.0447. The molecule has 0 radical (unpaired) electrons. The Morgan fingerprint density at radius 3 is 2.94 bits per heavy atom. The van der Waals surface area contributed by atoms with Gasteiger partial charge in [0.05, 0.1) is 31.8 Å². The van der Waals surface area contributed by atoms with Crippen molar-refractivity contribution in [1.29, 1.82) is 0 Å². The van der Waals surface area contributed by atoms with Gasteiger partial charge in [-0.25, -0.2) is 0 Å². The third kappa shape index (κ3) is 1.60. The molecular formula is C14H16O4. The predicted octanol–water partition coefficient (Wildman–Crippen LogP) is 2.21. The van der Waals surface area contributed by atoms with Crippen molar-refractivity contribution < 1.29 is 19.0 Å². The lowest BCUT2D eigenvalue weighted by Gasteiger charge is -2.36. The molecule has 0 aromatic heterocycles. The third-order valence-electron chi connectivity index (χ3n) is 3.89. The molecule has 0 N–H and O–H groups in total. The van der Waals surface area contributed by atoms with Crippen LogP contribution in [0.5, 0.6) is 11.5 Å². The van der Waals surface area contributed by atoms with E-state index in [1.54, 1.807) is 19.2 Å². The number of hydrogen-bond acceptors (Lipinski definition) is 4. The van der Waals surface area contributed by atoms with E-state index in [-0.39, 0.29) is 11.9 Å². The smallest absolute Gasteiger partial charge is 0.170 e. The highest BCUT2D eigenvalue weighted by molar-refractivity contribution is 6.00. The number of methoxy groups -OCH3 is 1. The summed E-state index contributed by atoms with van der Waals surface area (Å²) >= 11 is 0. The standard InChI is InChI=1S/C14H16O4/c1-9-14(5-6-17-9)8-12(15)11-7-10(16-2)3-4-13(11)18-14/h3-4,7,9H,5-6,8H2,1-2H3. The average Bonchev–Trinajstić information content (AvgIpc) is 2.70. The summed E-state index contributed by atoms with van der Waals surface area (Å²) in [6.45, 7) is 2.62. The number of hydrogen-bond donors (Lipinski definition) is 0. The summed E-state index contributed by atoms with van der Waals surface area (Å²) in [7, 11) is 1.59. The Labute approximate surface area is 106 Å². The molecule has 0 amide bonds. The highest BCUT2D eigenvalue weighted by Crippen LogP contribution is 2.42. The van der Waals surface area contributed by atoms with E-state index in [4.69, 9.17) is 14.2 Å². The van der Waals surface area contributed by atoms with Crippen molar-refractivity contribution in [3.63, 3.8) is 0 Å². The molecule has 4 nitrogen and oxygen atoms in total. The fourth-order valence-electron chi connectivity index (χ4n) is 2.69. The van der Waals surface area contributed by atoms with Gasteiger partial charge < -0.3 is 14.2 Å². The van der Waals surface area contributed by atoms with Crippen LogP contribution in [-0.2, 0) is 4.74 Å². The quantitative estimate of drug-likeness (QED) is 0.764. The summed E-state index contributed by atoms with van der Waals surface area (Å²) in [5, 5.41) is 0. The molecule has 18 heavy (non-hydrogen) atoms. The van der Waals surface area contributed by atoms with Crippen molar-refractivity contribution in [2.75, 3.05) is 13.7 Å². The van der Waals surface area contributed by atoms with Crippen LogP contribution in [0.1, 0.15) is 30.1 Å². The van der Waals surface area contributed by atoms with Crippen molar-refractivity contribution in [1.82, 2.24) is 0 Å². The fourth-order valence-corrected chi connectivity index (χ4v) is 2.69. The lowest BCUT2D eigenvalue weighted by atomic mass is 9.85. The molecule has 0 aliphatic carbocycles. The molecule has 1 spiro atoms. The molecule has 4 heteroatoms. The summed E-state index contributed by atoms with van der Waals surface area (Å²) < 4.78 is 16.7. The average molecular weight is 248 g/mol. The van der Waals surface area contributed by atoms with Gasteiger partial charge >= 0.3 is 0 Å². The zero-order valence-electron chi connectivity index (χ0n) is 10.6. The second-order valence-corrected chi connectivity index (χ2v) is 4.89. The normalized spacial score (nSPS) is 30.1. The number of ether oxygens (including phenoxy) is 3. The molecule has 1 aromatic rings. The van der Waals surface area contributed by atoms with Crippen molar-refractivity contribution in [2.24, 2.45) is 0 Å². The van der Waals surface area contributed by atoms with E-state index >= 15 is 0 Å². The Kier molecular flexibility index (Phi) is 2.55. The molecule has 1 aromatic carbocycles. The van der Waals surface area contributed by atoms with Gasteiger partial charge in [-0.15, -0.1) is 0 Å². The van der Waals surface area contributed by atoms with Crippen LogP contribution in [0.25, 0.3) is 0 Å². The third-order valence-corrected chi connectivity index (χ3v) is 3.89. The highest BCUT2D eigenvalue weighted by Gasteiger charge is 2.48. The van der Waals surface area contributed by atoms with Crippen LogP contribution >= 0.6 is 0 Å². The van der Waals surface area contributed by atoms with E-state index < -0.39 is 5.60 Å². The van der Waals surface area contributed by atoms with Gasteiger partial charge in [0, 0.05) is 6.42 Å². The minimum Gasteiger partial charge on any atom is -0.497 e. The topological polar surface area (TPSA) is 44.8 Å². The Bertz CT molecular complexity index is 497. The van der Waals surface area contributed by atoms with Crippen molar-refractivity contribution >= 4 is 5.78 Å². The lowest BCUT2D eigenvalue weighted by Crippen LogP contribution is -2.47. The molecule has 2 aliphatic rings. The molecule has 2 heterocycles. The van der Waals surface area contributed by atoms with Crippen LogP contribution in [0.2, 0.25) is 0 Å². The number of Topliss-reactive ketones (excluding diaryl/α,β-unsaturated/α-hetero) is 1. The van der Waals surface area contributed by atoms with Gasteiger partial charge in [-0.2, -0.15) is 0 Å². The first-order valence-electron chi connectivity index (χ1n) is 6.16. The number of carbonyl (C=O) groups is 1. The molecule has 0 bridgehead atoms. The molecule has 2 unspecified atom stereocenters. The van der Waals surface area contributed by atoms with E-state index in [9.17, 15) is 4.79 Å². The van der Waals surface area contributed by atoms with E-state index in [0.29, 0.717) is 30.1 Å². The zero-order chi connectivity index (χ0) is 12.8. The maximum absolute atomic E-state index is 12.3. The second kappa shape index (κ2) is 3.99. The summed E-state index contributed by atoms with van der Waals surface area (Å²) in [6.07, 6.45) is 1.11. The molecular weight excluding hydrogens is 232 g/mol. The maximum Gasteiger partial charge on any atom is 0.170 e. The van der Waals surface area contributed by atoms with Gasteiger partial charge in [-0.1, -0.05) is 0 Å². The summed E-state index contributed by atoms with van der Waals surface area (Å²) in [5.41, 5.74) is 0.137. The van der Waals surface area contributed by atoms with Crippen LogP contribution in [-0.4, -0.2) is 31.2 Å². The predicted molar refractivity (Wildman–Crippen MR) is 65.3 cm³/mol. The Morgan fingerprint density at radius 1 is 1.44 bits per heavy atom. The zero-order valence-corrected chi connectivity index (χ0v) is 10.6. The number of fused-ring (bicyclic) bond motifs is 1. The molecule has 2 atom stereocenters. The van der Waals surface area contributed by atoms with Crippen LogP contribution in [0.4, 0.5) is 0 Å². The van der Waals surface area contributed by atoms with E-state index in [1.165, 1.54) is 0 Å². The highest BCUT2D eigenvalue weighted by atomic mass is 16.6. The molecule has 1 fully saturated rings. The Hall–Kier alpha value is -1.55. The first kappa shape index (κ1) is 11.5. The summed E-state index contributed by atoms with van der Waals surface area (Å²) in [6, 6.07) is 5.36. The van der Waals surface area contributed by atoms with Crippen LogP contribution in [0.3, 0.4) is 0 Å². The monoisotopic (exact) mass is 248 g/mol. The van der Waals surface area contributed by atoms with Gasteiger partial charge in [0.25, 0.3) is 0 Å². The van der Waals surface area contributed by atoms with Crippen LogP contribution in [0.15, 0.2) is 18.2 Å². The van der Waals surface area contributed by atoms with Gasteiger partial charge in [0.1, 0.15) is 17.1 Å². The molecule has 1 saturated heterocycles. The fraction of sp³-hybridized carbons (Fsp3) is 0.500. The Morgan fingerprint density at radius 2 is 2.28 bits per heavy atom. The number of rotatable bonds is 1. The van der Waals surface area contributed by atoms with Crippen molar-refractivity contribution in [3.05, 3.63) is 23.8 Å². The maximum atomic E-state index is 12.3.